The molecule has 11 nitrogen and oxygen atoms in total. The van der Waals surface area contributed by atoms with Crippen LogP contribution in [0.4, 0.5) is 4.79 Å². The molecule has 3 amide bonds. The van der Waals surface area contributed by atoms with Crippen LogP contribution in [-0.4, -0.2) is 45.8 Å². The first-order chi connectivity index (χ1) is 23.4. The summed E-state index contributed by atoms with van der Waals surface area (Å²) in [5, 5.41) is 24.8. The molecule has 2 saturated heterocycles. The average molecular weight is 670 g/mol. The number of aliphatic hydroxyl groups is 1. The minimum atomic E-state index is -0.991. The number of rotatable bonds is 11. The van der Waals surface area contributed by atoms with Crippen molar-refractivity contribution < 1.29 is 38.4 Å². The Morgan fingerprint density at radius 2 is 1.62 bits per heavy atom. The number of nitrogens with one attached hydrogen (secondary N) is 1. The van der Waals surface area contributed by atoms with Crippen molar-refractivity contribution in [2.45, 2.75) is 62.2 Å². The second-order valence-corrected chi connectivity index (χ2v) is 12.6. The molecule has 0 aliphatic carbocycles. The van der Waals surface area contributed by atoms with Crippen LogP contribution in [0.3, 0.4) is 0 Å². The van der Waals surface area contributed by atoms with Crippen molar-refractivity contribution in [3.05, 3.63) is 136 Å². The minimum Gasteiger partial charge on any atom is -0.618 e. The summed E-state index contributed by atoms with van der Waals surface area (Å²) in [6.07, 6.45) is -0.110. The van der Waals surface area contributed by atoms with Crippen LogP contribution in [0, 0.1) is 5.21 Å². The molecule has 4 aromatic rings. The number of carbonyl (C=O) groups is 3. The number of benzene rings is 3. The Bertz CT molecular complexity index is 1720. The van der Waals surface area contributed by atoms with Gasteiger partial charge in [-0.3, -0.25) is 14.5 Å². The number of amides is 3. The lowest BCUT2D eigenvalue weighted by molar-refractivity contribution is -0.645. The quantitative estimate of drug-likeness (QED) is 0.101. The predicted octanol–water partition coefficient (Wildman–Crippen LogP) is 4.70. The van der Waals surface area contributed by atoms with E-state index in [2.05, 4.69) is 5.32 Å². The third-order valence-electron chi connectivity index (χ3n) is 8.16. The maximum Gasteiger partial charge on any atom is 0.408 e. The number of aliphatic hydroxyl groups excluding tert-OH is 1. The van der Waals surface area contributed by atoms with Gasteiger partial charge in [0, 0.05) is 29.9 Å². The van der Waals surface area contributed by atoms with Gasteiger partial charge in [-0.1, -0.05) is 90.6 Å². The van der Waals surface area contributed by atoms with Crippen molar-refractivity contribution in [1.29, 1.82) is 0 Å². The van der Waals surface area contributed by atoms with Gasteiger partial charge >= 0.3 is 6.09 Å². The Labute approximate surface area is 282 Å². The van der Waals surface area contributed by atoms with Crippen LogP contribution in [0.25, 0.3) is 0 Å². The molecule has 2 aliphatic rings. The number of imide groups is 1. The van der Waals surface area contributed by atoms with Crippen LogP contribution in [0.2, 0.25) is 0 Å². The van der Waals surface area contributed by atoms with E-state index in [1.807, 2.05) is 84.9 Å². The van der Waals surface area contributed by atoms with Crippen LogP contribution in [0.5, 0.6) is 0 Å². The van der Waals surface area contributed by atoms with Crippen molar-refractivity contribution in [3.8, 4) is 0 Å². The summed E-state index contributed by atoms with van der Waals surface area (Å²) in [6.45, 7) is 0.0466. The molecule has 2 N–H and O–H groups in total. The molecule has 4 atom stereocenters. The van der Waals surface area contributed by atoms with Gasteiger partial charge in [0.2, 0.25) is 5.91 Å². The van der Waals surface area contributed by atoms with E-state index >= 15 is 0 Å². The van der Waals surface area contributed by atoms with Gasteiger partial charge in [0.1, 0.15) is 12.6 Å². The van der Waals surface area contributed by atoms with E-state index < -0.39 is 24.3 Å². The number of nitrogens with zero attached hydrogens (tertiary/aromatic N) is 2. The van der Waals surface area contributed by atoms with Crippen LogP contribution in [0.1, 0.15) is 53.1 Å². The Morgan fingerprint density at radius 3 is 2.35 bits per heavy atom. The van der Waals surface area contributed by atoms with Crippen LogP contribution in [0.15, 0.2) is 108 Å². The Hall–Kier alpha value is -4.75. The van der Waals surface area contributed by atoms with Crippen molar-refractivity contribution in [2.24, 2.45) is 0 Å². The fraction of sp³-hybridized carbons (Fsp3) is 0.278. The van der Waals surface area contributed by atoms with E-state index in [4.69, 9.17) is 14.2 Å². The number of alkyl carbamates (subject to hydrolysis) is 1. The summed E-state index contributed by atoms with van der Waals surface area (Å²) in [6, 6.07) is 28.3. The SMILES string of the molecule is O=C(NC1CC(=O)N(Cc2ccc(C3OC(CSc4cccc[n+]4[O-])CC(c4ccc(CO)cc4)O3)cc2)C1=O)OCc1ccccc1. The zero-order valence-electron chi connectivity index (χ0n) is 26.0. The van der Waals surface area contributed by atoms with Crippen LogP contribution >= 0.6 is 11.8 Å². The van der Waals surface area contributed by atoms with Crippen molar-refractivity contribution in [3.63, 3.8) is 0 Å². The topological polar surface area (TPSA) is 141 Å². The summed E-state index contributed by atoms with van der Waals surface area (Å²) in [5.74, 6) is -0.346. The number of carbonyl (C=O) groups excluding carboxylic acids is 3. The molecular formula is C36H35N3O8S. The Kier molecular flexibility index (Phi) is 10.7. The number of ether oxygens (including phenoxy) is 3. The standard InChI is InChI=1S/C36H35N3O8S/c40-21-25-11-13-27(14-12-25)31-18-29(23-48-33-8-4-5-17-39(33)44)46-35(47-31)28-15-9-24(10-16-28)20-38-32(41)19-30(34(38)42)37-36(43)45-22-26-6-2-1-3-7-26/h1-17,29-31,35,40H,18-23H2,(H,37,43). The summed E-state index contributed by atoms with van der Waals surface area (Å²) in [4.78, 5) is 39.2. The van der Waals surface area contributed by atoms with Gasteiger partial charge in [0.15, 0.2) is 12.5 Å². The maximum atomic E-state index is 13.0. The number of hydrogen-bond acceptors (Lipinski definition) is 9. The van der Waals surface area contributed by atoms with Crippen molar-refractivity contribution in [1.82, 2.24) is 10.2 Å². The molecule has 1 aromatic heterocycles. The van der Waals surface area contributed by atoms with Crippen molar-refractivity contribution >= 4 is 29.7 Å². The smallest absolute Gasteiger partial charge is 0.408 e. The molecular weight excluding hydrogens is 634 g/mol. The molecule has 48 heavy (non-hydrogen) atoms. The van der Waals surface area contributed by atoms with Gasteiger partial charge in [0.05, 0.1) is 31.8 Å². The summed E-state index contributed by atoms with van der Waals surface area (Å²) >= 11 is 1.41. The number of thioether (sulfide) groups is 1. The highest BCUT2D eigenvalue weighted by molar-refractivity contribution is 7.99. The zero-order chi connectivity index (χ0) is 33.5. The molecule has 0 bridgehead atoms. The zero-order valence-corrected chi connectivity index (χ0v) is 26.8. The Balaban J connectivity index is 1.09. The monoisotopic (exact) mass is 669 g/mol. The van der Waals surface area contributed by atoms with Gasteiger partial charge < -0.3 is 29.8 Å². The first-order valence-corrected chi connectivity index (χ1v) is 16.6. The fourth-order valence-electron chi connectivity index (χ4n) is 5.56. The molecule has 2 fully saturated rings. The first kappa shape index (κ1) is 33.2. The lowest BCUT2D eigenvalue weighted by atomic mass is 10.0. The number of aromatic nitrogens is 1. The number of pyridine rings is 1. The van der Waals surface area contributed by atoms with E-state index in [9.17, 15) is 24.7 Å². The molecule has 3 heterocycles. The van der Waals surface area contributed by atoms with Crippen molar-refractivity contribution in [2.75, 3.05) is 5.75 Å². The number of likely N-dealkylation sites (tertiary alicyclic amines) is 1. The second kappa shape index (κ2) is 15.4. The minimum absolute atomic E-state index is 0.0485. The molecule has 4 unspecified atom stereocenters. The third-order valence-corrected chi connectivity index (χ3v) is 9.31. The number of hydrogen-bond donors (Lipinski definition) is 2. The lowest BCUT2D eigenvalue weighted by Crippen LogP contribution is -2.41. The molecule has 12 heteroatoms. The van der Waals surface area contributed by atoms with E-state index in [0.717, 1.165) is 37.4 Å². The summed E-state index contributed by atoms with van der Waals surface area (Å²) in [7, 11) is 0. The molecule has 0 saturated carbocycles. The van der Waals surface area contributed by atoms with Gasteiger partial charge in [-0.05, 0) is 28.3 Å². The highest BCUT2D eigenvalue weighted by Gasteiger charge is 2.40. The molecule has 0 radical (unpaired) electrons. The molecule has 3 aromatic carbocycles. The maximum absolute atomic E-state index is 13.0. The van der Waals surface area contributed by atoms with Crippen LogP contribution < -0.4 is 10.0 Å². The largest absolute Gasteiger partial charge is 0.618 e. The summed E-state index contributed by atoms with van der Waals surface area (Å²) < 4.78 is 18.8. The van der Waals surface area contributed by atoms with Gasteiger partial charge in [-0.15, -0.1) is 0 Å². The van der Waals surface area contributed by atoms with Gasteiger partial charge in [0.25, 0.3) is 10.9 Å². The molecule has 6 rings (SSSR count). The predicted molar refractivity (Wildman–Crippen MR) is 175 cm³/mol. The van der Waals surface area contributed by atoms with E-state index in [1.165, 1.54) is 18.0 Å². The first-order valence-electron chi connectivity index (χ1n) is 15.6. The second-order valence-electron chi connectivity index (χ2n) is 11.5. The van der Waals surface area contributed by atoms with E-state index in [1.54, 1.807) is 12.1 Å². The normalized spacial score (nSPS) is 20.9. The third kappa shape index (κ3) is 8.20. The molecule has 2 aliphatic heterocycles. The summed E-state index contributed by atoms with van der Waals surface area (Å²) in [5.41, 5.74) is 4.03. The van der Waals surface area contributed by atoms with Gasteiger partial charge in [-0.25, -0.2) is 4.79 Å². The molecule has 0 spiro atoms. The average Bonchev–Trinajstić information content (AvgIpc) is 3.38. The van der Waals surface area contributed by atoms with E-state index in [0.29, 0.717) is 17.2 Å². The fourth-order valence-corrected chi connectivity index (χ4v) is 6.49. The Morgan fingerprint density at radius 1 is 0.917 bits per heavy atom. The lowest BCUT2D eigenvalue weighted by Gasteiger charge is -2.36. The molecule has 248 valence electrons. The highest BCUT2D eigenvalue weighted by Crippen LogP contribution is 2.39. The highest BCUT2D eigenvalue weighted by atomic mass is 32.2. The van der Waals surface area contributed by atoms with Crippen LogP contribution in [-0.2, 0) is 43.6 Å². The van der Waals surface area contributed by atoms with Gasteiger partial charge in [-0.2, -0.15) is 4.73 Å². The van der Waals surface area contributed by atoms with E-state index in [-0.39, 0.29) is 44.3 Å².